The van der Waals surface area contributed by atoms with E-state index in [2.05, 4.69) is 41.0 Å². The van der Waals surface area contributed by atoms with Gasteiger partial charge in [-0.25, -0.2) is 0 Å². The largest absolute Gasteiger partial charge is 0.327 e. The summed E-state index contributed by atoms with van der Waals surface area (Å²) >= 11 is 0. The molecule has 3 nitrogen and oxygen atoms in total. The summed E-state index contributed by atoms with van der Waals surface area (Å²) in [5.41, 5.74) is 9.43. The Bertz CT molecular complexity index is 515. The first-order valence-electron chi connectivity index (χ1n) is 8.99. The van der Waals surface area contributed by atoms with E-state index in [4.69, 9.17) is 5.73 Å². The van der Waals surface area contributed by atoms with Gasteiger partial charge in [0.05, 0.1) is 0 Å². The molecule has 2 bridgehead atoms. The topological polar surface area (TPSA) is 32.5 Å². The van der Waals surface area contributed by atoms with Crippen molar-refractivity contribution < 1.29 is 0 Å². The third-order valence-corrected chi connectivity index (χ3v) is 6.29. The summed E-state index contributed by atoms with van der Waals surface area (Å²) in [5.74, 6) is 1.51. The van der Waals surface area contributed by atoms with Gasteiger partial charge in [-0.05, 0) is 49.1 Å². The maximum absolute atomic E-state index is 6.35. The predicted octanol–water partition coefficient (Wildman–Crippen LogP) is 2.10. The fourth-order valence-corrected chi connectivity index (χ4v) is 4.86. The highest BCUT2D eigenvalue weighted by Gasteiger charge is 2.41. The standard InChI is InChI=1S/C19H29N3/c1-14(22-12-17-6-7-18(13-22)19(17)20)10-21-9-8-15-4-2-3-5-16(15)11-21/h2-5,14,17-19H,6-13,20H2,1H3/t14?,17-,18+,19?. The van der Waals surface area contributed by atoms with E-state index >= 15 is 0 Å². The van der Waals surface area contributed by atoms with Crippen molar-refractivity contribution in [3.8, 4) is 0 Å². The van der Waals surface area contributed by atoms with Crippen molar-refractivity contribution in [1.82, 2.24) is 9.80 Å². The average Bonchev–Trinajstić information content (AvgIpc) is 2.76. The molecule has 2 unspecified atom stereocenters. The lowest BCUT2D eigenvalue weighted by molar-refractivity contribution is 0.0809. The normalized spacial score (nSPS) is 33.6. The van der Waals surface area contributed by atoms with Gasteiger partial charge >= 0.3 is 0 Å². The van der Waals surface area contributed by atoms with Crippen molar-refractivity contribution in [2.24, 2.45) is 17.6 Å². The monoisotopic (exact) mass is 299 g/mol. The van der Waals surface area contributed by atoms with Gasteiger partial charge in [0.2, 0.25) is 0 Å². The molecular formula is C19H29N3. The molecule has 2 aliphatic heterocycles. The summed E-state index contributed by atoms with van der Waals surface area (Å²) in [5, 5.41) is 0. The Morgan fingerprint density at radius 3 is 2.55 bits per heavy atom. The van der Waals surface area contributed by atoms with Crippen LogP contribution in [0.1, 0.15) is 30.9 Å². The van der Waals surface area contributed by atoms with Gasteiger partial charge in [0.1, 0.15) is 0 Å². The molecular weight excluding hydrogens is 270 g/mol. The Hall–Kier alpha value is -0.900. The fourth-order valence-electron chi connectivity index (χ4n) is 4.86. The molecule has 0 radical (unpaired) electrons. The number of likely N-dealkylation sites (tertiary alicyclic amines) is 1. The summed E-state index contributed by atoms with van der Waals surface area (Å²) in [6.07, 6.45) is 3.91. The average molecular weight is 299 g/mol. The van der Waals surface area contributed by atoms with Crippen LogP contribution in [0.25, 0.3) is 0 Å². The summed E-state index contributed by atoms with van der Waals surface area (Å²) in [4.78, 5) is 5.36. The lowest BCUT2D eigenvalue weighted by Crippen LogP contribution is -2.54. The Labute approximate surface area is 134 Å². The molecule has 1 saturated carbocycles. The molecule has 2 fully saturated rings. The Kier molecular flexibility index (Phi) is 3.97. The van der Waals surface area contributed by atoms with Gasteiger partial charge in [-0.2, -0.15) is 0 Å². The van der Waals surface area contributed by atoms with Gasteiger partial charge in [0.15, 0.2) is 0 Å². The molecule has 3 heteroatoms. The SMILES string of the molecule is CC(CN1CCc2ccccc2C1)N1C[C@H]2CC[C@@H](C1)C2N. The van der Waals surface area contributed by atoms with E-state index in [-0.39, 0.29) is 0 Å². The van der Waals surface area contributed by atoms with Crippen molar-refractivity contribution in [2.75, 3.05) is 26.2 Å². The highest BCUT2D eigenvalue weighted by Crippen LogP contribution is 2.36. The lowest BCUT2D eigenvalue weighted by Gasteiger charge is -2.41. The number of nitrogens with two attached hydrogens (primary N) is 1. The van der Waals surface area contributed by atoms with Crippen molar-refractivity contribution in [3.63, 3.8) is 0 Å². The molecule has 1 aromatic carbocycles. The molecule has 2 N–H and O–H groups in total. The van der Waals surface area contributed by atoms with Crippen molar-refractivity contribution in [1.29, 1.82) is 0 Å². The van der Waals surface area contributed by atoms with Crippen LogP contribution >= 0.6 is 0 Å². The minimum absolute atomic E-state index is 0.477. The maximum atomic E-state index is 6.35. The smallest absolute Gasteiger partial charge is 0.0237 e. The number of hydrogen-bond acceptors (Lipinski definition) is 3. The van der Waals surface area contributed by atoms with Crippen LogP contribution < -0.4 is 5.73 Å². The Balaban J connectivity index is 1.36. The second-order valence-electron chi connectivity index (χ2n) is 7.73. The number of rotatable bonds is 3. The second kappa shape index (κ2) is 5.95. The molecule has 4 rings (SSSR count). The highest BCUT2D eigenvalue weighted by molar-refractivity contribution is 5.29. The zero-order valence-corrected chi connectivity index (χ0v) is 13.7. The molecule has 0 spiro atoms. The first kappa shape index (κ1) is 14.7. The van der Waals surface area contributed by atoms with E-state index in [0.717, 1.165) is 18.4 Å². The molecule has 120 valence electrons. The van der Waals surface area contributed by atoms with Crippen LogP contribution in [0.5, 0.6) is 0 Å². The molecule has 1 aliphatic carbocycles. The van der Waals surface area contributed by atoms with E-state index in [1.54, 1.807) is 5.56 Å². The minimum atomic E-state index is 0.477. The van der Waals surface area contributed by atoms with Crippen molar-refractivity contribution in [3.05, 3.63) is 35.4 Å². The molecule has 0 amide bonds. The first-order valence-corrected chi connectivity index (χ1v) is 8.99. The fraction of sp³-hybridized carbons (Fsp3) is 0.684. The Morgan fingerprint density at radius 1 is 1.14 bits per heavy atom. The van der Waals surface area contributed by atoms with Gasteiger partial charge < -0.3 is 5.73 Å². The van der Waals surface area contributed by atoms with Crippen molar-refractivity contribution in [2.45, 2.75) is 44.8 Å². The third-order valence-electron chi connectivity index (χ3n) is 6.29. The summed E-state index contributed by atoms with van der Waals surface area (Å²) in [6.45, 7) is 8.40. The van der Waals surface area contributed by atoms with Crippen LogP contribution in [0, 0.1) is 11.8 Å². The number of nitrogens with zero attached hydrogens (tertiary/aromatic N) is 2. The molecule has 1 aromatic rings. The number of fused-ring (bicyclic) bond motifs is 3. The minimum Gasteiger partial charge on any atom is -0.327 e. The molecule has 3 aliphatic rings. The van der Waals surface area contributed by atoms with Gasteiger partial charge in [0.25, 0.3) is 0 Å². The van der Waals surface area contributed by atoms with E-state index < -0.39 is 0 Å². The Morgan fingerprint density at radius 2 is 1.82 bits per heavy atom. The van der Waals surface area contributed by atoms with E-state index in [9.17, 15) is 0 Å². The second-order valence-corrected chi connectivity index (χ2v) is 7.73. The predicted molar refractivity (Wildman–Crippen MR) is 90.6 cm³/mol. The molecule has 0 aromatic heterocycles. The first-order chi connectivity index (χ1) is 10.7. The summed E-state index contributed by atoms with van der Waals surface area (Å²) in [6, 6.07) is 10.1. The zero-order chi connectivity index (χ0) is 15.1. The number of benzene rings is 1. The van der Waals surface area contributed by atoms with Crippen LogP contribution in [-0.4, -0.2) is 48.1 Å². The summed E-state index contributed by atoms with van der Waals surface area (Å²) < 4.78 is 0. The number of hydrogen-bond donors (Lipinski definition) is 1. The zero-order valence-electron chi connectivity index (χ0n) is 13.7. The molecule has 1 saturated heterocycles. The number of piperidine rings is 1. The van der Waals surface area contributed by atoms with Crippen LogP contribution in [0.4, 0.5) is 0 Å². The van der Waals surface area contributed by atoms with Gasteiger partial charge in [-0.15, -0.1) is 0 Å². The third kappa shape index (κ3) is 2.70. The molecule has 22 heavy (non-hydrogen) atoms. The highest BCUT2D eigenvalue weighted by atomic mass is 15.2. The molecule has 4 atom stereocenters. The maximum Gasteiger partial charge on any atom is 0.0237 e. The van der Waals surface area contributed by atoms with Crippen LogP contribution in [0.15, 0.2) is 24.3 Å². The van der Waals surface area contributed by atoms with Crippen LogP contribution in [0.3, 0.4) is 0 Å². The lowest BCUT2D eigenvalue weighted by atomic mass is 9.92. The van der Waals surface area contributed by atoms with Gasteiger partial charge in [-0.3, -0.25) is 9.80 Å². The molecule has 2 heterocycles. The van der Waals surface area contributed by atoms with E-state index in [0.29, 0.717) is 12.1 Å². The van der Waals surface area contributed by atoms with E-state index in [1.165, 1.54) is 51.0 Å². The van der Waals surface area contributed by atoms with Gasteiger partial charge in [0, 0.05) is 44.8 Å². The van der Waals surface area contributed by atoms with E-state index in [1.807, 2.05) is 0 Å². The quantitative estimate of drug-likeness (QED) is 0.928. The van der Waals surface area contributed by atoms with Gasteiger partial charge in [-0.1, -0.05) is 24.3 Å². The summed E-state index contributed by atoms with van der Waals surface area (Å²) in [7, 11) is 0. The van der Waals surface area contributed by atoms with Crippen molar-refractivity contribution >= 4 is 0 Å². The van der Waals surface area contributed by atoms with Crippen LogP contribution in [-0.2, 0) is 13.0 Å². The van der Waals surface area contributed by atoms with Crippen LogP contribution in [0.2, 0.25) is 0 Å².